The molecule has 1 aromatic rings. The molecule has 5 heteroatoms. The second-order valence-electron chi connectivity index (χ2n) is 4.17. The lowest BCUT2D eigenvalue weighted by Crippen LogP contribution is -2.45. The van der Waals surface area contributed by atoms with Gasteiger partial charge in [0.15, 0.2) is 0 Å². The first-order chi connectivity index (χ1) is 7.66. The number of hydrogen-bond donors (Lipinski definition) is 2. The largest absolute Gasteiger partial charge is 0.347 e. The topological polar surface area (TPSA) is 46.1 Å². The zero-order chi connectivity index (χ0) is 11.5. The molecule has 1 atom stereocenters. The first kappa shape index (κ1) is 11.7. The summed E-state index contributed by atoms with van der Waals surface area (Å²) in [6, 6.07) is 2.10. The van der Waals surface area contributed by atoms with Crippen LogP contribution in [0.4, 0.5) is 0 Å². The Hall–Kier alpha value is -0.810. The van der Waals surface area contributed by atoms with Gasteiger partial charge in [-0.3, -0.25) is 4.79 Å². The average Bonchev–Trinajstić information content (AvgIpc) is 2.59. The van der Waals surface area contributed by atoms with E-state index in [1.54, 1.807) is 0 Å². The lowest BCUT2D eigenvalue weighted by atomic mass is 10.1. The fraction of sp³-hybridized carbons (Fsp3) is 0.545. The van der Waals surface area contributed by atoms with Crippen molar-refractivity contribution in [3.8, 4) is 0 Å². The van der Waals surface area contributed by atoms with Gasteiger partial charge in [-0.15, -0.1) is 0 Å². The second kappa shape index (κ2) is 5.01. The molecule has 0 spiro atoms. The van der Waals surface area contributed by atoms with Gasteiger partial charge in [-0.25, -0.2) is 0 Å². The third kappa shape index (κ3) is 2.65. The third-order valence-corrected chi connectivity index (χ3v) is 3.27. The third-order valence-electron chi connectivity index (χ3n) is 2.84. The number of aryl methyl sites for hydroxylation is 1. The van der Waals surface area contributed by atoms with Crippen LogP contribution in [0.5, 0.6) is 0 Å². The summed E-state index contributed by atoms with van der Waals surface area (Å²) >= 11 is 3.36. The number of nitrogens with zero attached hydrogens (tertiary/aromatic N) is 1. The molecule has 1 aromatic heterocycles. The highest BCUT2D eigenvalue weighted by Crippen LogP contribution is 2.14. The van der Waals surface area contributed by atoms with E-state index in [2.05, 4.69) is 26.6 Å². The summed E-state index contributed by atoms with van der Waals surface area (Å²) < 4.78 is 2.76. The standard InChI is InChI=1S/C11H16BrN3O/c1-15-7-8(12)5-10(15)11(16)14-9-3-2-4-13-6-9/h5,7,9,13H,2-4,6H2,1H3,(H,14,16)/t9-/m1/s1. The fourth-order valence-electron chi connectivity index (χ4n) is 1.98. The Balaban J connectivity index is 1.99. The van der Waals surface area contributed by atoms with Crippen molar-refractivity contribution in [2.75, 3.05) is 13.1 Å². The molecule has 4 nitrogen and oxygen atoms in total. The Morgan fingerprint density at radius 3 is 3.06 bits per heavy atom. The normalized spacial score (nSPS) is 20.8. The molecule has 0 unspecified atom stereocenters. The SMILES string of the molecule is Cn1cc(Br)cc1C(=O)N[C@@H]1CCCNC1. The van der Waals surface area contributed by atoms with Gasteiger partial charge in [0.2, 0.25) is 0 Å². The number of carbonyl (C=O) groups excluding carboxylic acids is 1. The molecule has 16 heavy (non-hydrogen) atoms. The smallest absolute Gasteiger partial charge is 0.268 e. The van der Waals surface area contributed by atoms with Crippen molar-refractivity contribution >= 4 is 21.8 Å². The van der Waals surface area contributed by atoms with Crippen LogP contribution in [0.25, 0.3) is 0 Å². The van der Waals surface area contributed by atoms with E-state index in [1.165, 1.54) is 0 Å². The summed E-state index contributed by atoms with van der Waals surface area (Å²) in [6.45, 7) is 1.93. The Morgan fingerprint density at radius 2 is 2.50 bits per heavy atom. The quantitative estimate of drug-likeness (QED) is 0.860. The van der Waals surface area contributed by atoms with Crippen LogP contribution in [0.3, 0.4) is 0 Å². The summed E-state index contributed by atoms with van der Waals surface area (Å²) in [5.41, 5.74) is 0.692. The van der Waals surface area contributed by atoms with Crippen LogP contribution in [0.15, 0.2) is 16.7 Å². The molecular weight excluding hydrogens is 270 g/mol. The molecule has 2 N–H and O–H groups in total. The number of carbonyl (C=O) groups is 1. The molecule has 0 saturated carbocycles. The summed E-state index contributed by atoms with van der Waals surface area (Å²) in [7, 11) is 1.87. The molecule has 0 radical (unpaired) electrons. The van der Waals surface area contributed by atoms with E-state index in [-0.39, 0.29) is 11.9 Å². The molecule has 2 heterocycles. The van der Waals surface area contributed by atoms with E-state index in [0.717, 1.165) is 30.4 Å². The van der Waals surface area contributed by atoms with Gasteiger partial charge in [0, 0.05) is 30.3 Å². The molecule has 0 aliphatic carbocycles. The van der Waals surface area contributed by atoms with Gasteiger partial charge >= 0.3 is 0 Å². The number of rotatable bonds is 2. The van der Waals surface area contributed by atoms with E-state index in [0.29, 0.717) is 5.69 Å². The maximum Gasteiger partial charge on any atom is 0.268 e. The lowest BCUT2D eigenvalue weighted by molar-refractivity contribution is 0.0922. The minimum atomic E-state index is 0.00176. The molecule has 1 amide bonds. The van der Waals surface area contributed by atoms with Gasteiger partial charge in [0.25, 0.3) is 5.91 Å². The van der Waals surface area contributed by atoms with Crippen LogP contribution in [0.1, 0.15) is 23.3 Å². The molecule has 1 aliphatic rings. The summed E-state index contributed by atoms with van der Waals surface area (Å²) in [5, 5.41) is 6.33. The van der Waals surface area contributed by atoms with Gasteiger partial charge in [-0.2, -0.15) is 0 Å². The van der Waals surface area contributed by atoms with Crippen molar-refractivity contribution in [3.05, 3.63) is 22.4 Å². The van der Waals surface area contributed by atoms with Crippen molar-refractivity contribution in [1.82, 2.24) is 15.2 Å². The van der Waals surface area contributed by atoms with E-state index in [4.69, 9.17) is 0 Å². The number of halogens is 1. The Labute approximate surface area is 104 Å². The zero-order valence-corrected chi connectivity index (χ0v) is 10.9. The Bertz CT molecular complexity index is 383. The monoisotopic (exact) mass is 285 g/mol. The molecule has 1 saturated heterocycles. The number of piperidine rings is 1. The molecule has 1 fully saturated rings. The maximum absolute atomic E-state index is 12.0. The average molecular weight is 286 g/mol. The van der Waals surface area contributed by atoms with Crippen LogP contribution >= 0.6 is 15.9 Å². The van der Waals surface area contributed by atoms with Crippen molar-refractivity contribution in [1.29, 1.82) is 0 Å². The minimum absolute atomic E-state index is 0.00176. The van der Waals surface area contributed by atoms with Gasteiger partial charge in [-0.05, 0) is 41.4 Å². The highest BCUT2D eigenvalue weighted by atomic mass is 79.9. The number of aromatic nitrogens is 1. The van der Waals surface area contributed by atoms with Crippen molar-refractivity contribution < 1.29 is 4.79 Å². The Morgan fingerprint density at radius 1 is 1.69 bits per heavy atom. The van der Waals surface area contributed by atoms with Gasteiger partial charge in [0.05, 0.1) is 0 Å². The highest BCUT2D eigenvalue weighted by Gasteiger charge is 2.18. The number of amides is 1. The van der Waals surface area contributed by atoms with Crippen LogP contribution < -0.4 is 10.6 Å². The lowest BCUT2D eigenvalue weighted by Gasteiger charge is -2.23. The van der Waals surface area contributed by atoms with Gasteiger partial charge in [0.1, 0.15) is 5.69 Å². The van der Waals surface area contributed by atoms with Crippen molar-refractivity contribution in [3.63, 3.8) is 0 Å². The summed E-state index contributed by atoms with van der Waals surface area (Å²) in [5.74, 6) is 0.00176. The van der Waals surface area contributed by atoms with Crippen LogP contribution in [0.2, 0.25) is 0 Å². The predicted molar refractivity (Wildman–Crippen MR) is 66.5 cm³/mol. The molecule has 1 aliphatic heterocycles. The molecular formula is C11H16BrN3O. The molecule has 88 valence electrons. The van der Waals surface area contributed by atoms with Gasteiger partial charge < -0.3 is 15.2 Å². The maximum atomic E-state index is 12.0. The number of hydrogen-bond acceptors (Lipinski definition) is 2. The summed E-state index contributed by atoms with van der Waals surface area (Å²) in [6.07, 6.45) is 4.07. The fourth-order valence-corrected chi connectivity index (χ4v) is 2.51. The van der Waals surface area contributed by atoms with E-state index in [9.17, 15) is 4.79 Å². The van der Waals surface area contributed by atoms with E-state index >= 15 is 0 Å². The number of nitrogens with one attached hydrogen (secondary N) is 2. The first-order valence-electron chi connectivity index (χ1n) is 5.50. The molecule has 2 rings (SSSR count). The van der Waals surface area contributed by atoms with E-state index < -0.39 is 0 Å². The van der Waals surface area contributed by atoms with Gasteiger partial charge in [-0.1, -0.05) is 0 Å². The minimum Gasteiger partial charge on any atom is -0.347 e. The summed E-state index contributed by atoms with van der Waals surface area (Å²) in [4.78, 5) is 12.0. The van der Waals surface area contributed by atoms with Crippen LogP contribution in [-0.4, -0.2) is 29.6 Å². The molecule has 0 bridgehead atoms. The molecule has 0 aromatic carbocycles. The highest BCUT2D eigenvalue weighted by molar-refractivity contribution is 9.10. The first-order valence-corrected chi connectivity index (χ1v) is 6.29. The Kier molecular flexibility index (Phi) is 3.66. The second-order valence-corrected chi connectivity index (χ2v) is 5.09. The van der Waals surface area contributed by atoms with Crippen LogP contribution in [0, 0.1) is 0 Å². The van der Waals surface area contributed by atoms with E-state index in [1.807, 2.05) is 23.9 Å². The van der Waals surface area contributed by atoms with Crippen molar-refractivity contribution in [2.24, 2.45) is 7.05 Å². The zero-order valence-electron chi connectivity index (χ0n) is 9.29. The van der Waals surface area contributed by atoms with Crippen molar-refractivity contribution in [2.45, 2.75) is 18.9 Å². The van der Waals surface area contributed by atoms with Crippen LogP contribution in [-0.2, 0) is 7.05 Å². The predicted octanol–water partition coefficient (Wildman–Crippen LogP) is 1.27.